The van der Waals surface area contributed by atoms with Crippen LogP contribution in [-0.2, 0) is 0 Å². The number of benzene rings is 2. The molecule has 3 rings (SSSR count). The van der Waals surface area contributed by atoms with Crippen LogP contribution in [0.4, 0.5) is 0 Å². The van der Waals surface area contributed by atoms with Gasteiger partial charge in [-0.2, -0.15) is 0 Å². The van der Waals surface area contributed by atoms with Crippen LogP contribution in [-0.4, -0.2) is 66.2 Å². The summed E-state index contributed by atoms with van der Waals surface area (Å²) in [4.78, 5) is 16.4. The molecule has 0 aromatic heterocycles. The number of ether oxygens (including phenoxy) is 1. The molecule has 1 N–H and O–H groups in total. The van der Waals surface area contributed by atoms with Crippen molar-refractivity contribution < 1.29 is 14.6 Å². The van der Waals surface area contributed by atoms with Gasteiger partial charge in [-0.15, -0.1) is 0 Å². The Morgan fingerprint density at radius 1 is 1.07 bits per heavy atom. The average Bonchev–Trinajstić information content (AvgIpc) is 2.69. The maximum absolute atomic E-state index is 12.5. The molecule has 1 atom stereocenters. The molecule has 27 heavy (non-hydrogen) atoms. The summed E-state index contributed by atoms with van der Waals surface area (Å²) < 4.78 is 5.58. The molecule has 0 saturated carbocycles. The van der Waals surface area contributed by atoms with Crippen LogP contribution in [0.1, 0.15) is 10.4 Å². The van der Waals surface area contributed by atoms with Crippen LogP contribution in [0.25, 0.3) is 0 Å². The van der Waals surface area contributed by atoms with Crippen molar-refractivity contribution in [3.05, 3.63) is 64.1 Å². The summed E-state index contributed by atoms with van der Waals surface area (Å²) in [5, 5.41) is 11.2. The third-order valence-electron chi connectivity index (χ3n) is 4.47. The Morgan fingerprint density at radius 3 is 2.48 bits per heavy atom. The first-order chi connectivity index (χ1) is 13.0. The van der Waals surface area contributed by atoms with Crippen LogP contribution in [0.2, 0.25) is 10.0 Å². The van der Waals surface area contributed by atoms with E-state index in [9.17, 15) is 9.90 Å². The van der Waals surface area contributed by atoms with Crippen LogP contribution in [0.15, 0.2) is 48.5 Å². The van der Waals surface area contributed by atoms with Crippen molar-refractivity contribution >= 4 is 29.1 Å². The van der Waals surface area contributed by atoms with Gasteiger partial charge in [-0.3, -0.25) is 9.69 Å². The minimum absolute atomic E-state index is 0.0507. The highest BCUT2D eigenvalue weighted by molar-refractivity contribution is 6.34. The zero-order valence-electron chi connectivity index (χ0n) is 14.9. The Hall–Kier alpha value is -1.79. The Labute approximate surface area is 169 Å². The molecular weight excluding hydrogens is 387 g/mol. The van der Waals surface area contributed by atoms with Gasteiger partial charge in [-0.25, -0.2) is 0 Å². The first-order valence-corrected chi connectivity index (χ1v) is 9.61. The van der Waals surface area contributed by atoms with Crippen molar-refractivity contribution in [2.24, 2.45) is 0 Å². The molecule has 7 heteroatoms. The first kappa shape index (κ1) is 20.0. The highest BCUT2D eigenvalue weighted by Crippen LogP contribution is 2.27. The number of nitrogens with zero attached hydrogens (tertiary/aromatic N) is 2. The molecule has 0 spiro atoms. The molecule has 2 aromatic rings. The normalized spacial score (nSPS) is 16.2. The van der Waals surface area contributed by atoms with Crippen LogP contribution < -0.4 is 4.74 Å². The zero-order valence-corrected chi connectivity index (χ0v) is 16.4. The number of hydrogen-bond acceptors (Lipinski definition) is 4. The molecule has 1 saturated heterocycles. The summed E-state index contributed by atoms with van der Waals surface area (Å²) in [6, 6.07) is 14.3. The third kappa shape index (κ3) is 5.59. The number of amides is 1. The fraction of sp³-hybridized carbons (Fsp3) is 0.350. The molecule has 5 nitrogen and oxygen atoms in total. The lowest BCUT2D eigenvalue weighted by atomic mass is 10.2. The first-order valence-electron chi connectivity index (χ1n) is 8.85. The Kier molecular flexibility index (Phi) is 6.96. The van der Waals surface area contributed by atoms with Gasteiger partial charge in [-0.05, 0) is 24.3 Å². The summed E-state index contributed by atoms with van der Waals surface area (Å²) in [6.07, 6.45) is -0.656. The number of piperazine rings is 1. The maximum atomic E-state index is 12.5. The number of hydrogen-bond donors (Lipinski definition) is 1. The molecule has 1 amide bonds. The van der Waals surface area contributed by atoms with Crippen molar-refractivity contribution in [3.63, 3.8) is 0 Å². The van der Waals surface area contributed by atoms with Gasteiger partial charge in [0, 0.05) is 49.4 Å². The van der Waals surface area contributed by atoms with Crippen molar-refractivity contribution in [3.8, 4) is 5.75 Å². The standard InChI is InChI=1S/C20H22Cl2N2O3/c21-16-6-7-18(22)19(12-16)27-14-17(25)13-23-8-10-24(11-9-23)20(26)15-4-2-1-3-5-15/h1-7,12,17,25H,8-11,13-14H2. The van der Waals surface area contributed by atoms with E-state index >= 15 is 0 Å². The lowest BCUT2D eigenvalue weighted by Gasteiger charge is -2.35. The molecular formula is C20H22Cl2N2O3. The van der Waals surface area contributed by atoms with E-state index in [1.807, 2.05) is 35.2 Å². The van der Waals surface area contributed by atoms with Gasteiger partial charge in [-0.1, -0.05) is 41.4 Å². The fourth-order valence-corrected chi connectivity index (χ4v) is 3.36. The van der Waals surface area contributed by atoms with E-state index in [1.54, 1.807) is 18.2 Å². The zero-order chi connectivity index (χ0) is 19.2. The second-order valence-electron chi connectivity index (χ2n) is 6.50. The van der Waals surface area contributed by atoms with Gasteiger partial charge in [0.15, 0.2) is 0 Å². The lowest BCUT2D eigenvalue weighted by molar-refractivity contribution is 0.0404. The van der Waals surface area contributed by atoms with E-state index in [1.165, 1.54) is 0 Å². The largest absolute Gasteiger partial charge is 0.489 e. The number of halogens is 2. The second kappa shape index (κ2) is 9.42. The van der Waals surface area contributed by atoms with Crippen LogP contribution in [0, 0.1) is 0 Å². The summed E-state index contributed by atoms with van der Waals surface area (Å²) in [6.45, 7) is 3.32. The number of aliphatic hydroxyl groups excluding tert-OH is 1. The quantitative estimate of drug-likeness (QED) is 0.797. The van der Waals surface area contributed by atoms with E-state index < -0.39 is 6.10 Å². The molecule has 0 bridgehead atoms. The van der Waals surface area contributed by atoms with Gasteiger partial charge in [0.2, 0.25) is 0 Å². The monoisotopic (exact) mass is 408 g/mol. The molecule has 1 aliphatic heterocycles. The summed E-state index contributed by atoms with van der Waals surface area (Å²) in [5.74, 6) is 0.510. The molecule has 1 heterocycles. The Bertz CT molecular complexity index is 765. The highest BCUT2D eigenvalue weighted by atomic mass is 35.5. The maximum Gasteiger partial charge on any atom is 0.253 e. The van der Waals surface area contributed by atoms with E-state index in [2.05, 4.69) is 4.90 Å². The fourth-order valence-electron chi connectivity index (χ4n) is 3.02. The van der Waals surface area contributed by atoms with E-state index in [0.29, 0.717) is 54.1 Å². The number of carbonyl (C=O) groups is 1. The molecule has 2 aromatic carbocycles. The van der Waals surface area contributed by atoms with E-state index in [-0.39, 0.29) is 12.5 Å². The minimum Gasteiger partial charge on any atom is -0.489 e. The van der Waals surface area contributed by atoms with Gasteiger partial charge in [0.1, 0.15) is 18.5 Å². The summed E-state index contributed by atoms with van der Waals surface area (Å²) in [7, 11) is 0. The van der Waals surface area contributed by atoms with Crippen molar-refractivity contribution in [1.82, 2.24) is 9.80 Å². The third-order valence-corrected chi connectivity index (χ3v) is 5.02. The van der Waals surface area contributed by atoms with Gasteiger partial charge >= 0.3 is 0 Å². The predicted octanol–water partition coefficient (Wildman–Crippen LogP) is 3.19. The minimum atomic E-state index is -0.656. The average molecular weight is 409 g/mol. The summed E-state index contributed by atoms with van der Waals surface area (Å²) in [5.41, 5.74) is 0.706. The Morgan fingerprint density at radius 2 is 1.78 bits per heavy atom. The SMILES string of the molecule is O=C(c1ccccc1)N1CCN(CC(O)COc2cc(Cl)ccc2Cl)CC1. The van der Waals surface area contributed by atoms with Crippen LogP contribution in [0.3, 0.4) is 0 Å². The smallest absolute Gasteiger partial charge is 0.253 e. The van der Waals surface area contributed by atoms with Gasteiger partial charge in [0.25, 0.3) is 5.91 Å². The van der Waals surface area contributed by atoms with E-state index in [0.717, 1.165) is 0 Å². The molecule has 1 unspecified atom stereocenters. The van der Waals surface area contributed by atoms with Gasteiger partial charge < -0.3 is 14.7 Å². The molecule has 1 fully saturated rings. The number of aliphatic hydroxyl groups is 1. The van der Waals surface area contributed by atoms with Gasteiger partial charge in [0.05, 0.1) is 5.02 Å². The lowest BCUT2D eigenvalue weighted by Crippen LogP contribution is -2.50. The van der Waals surface area contributed by atoms with Crippen molar-refractivity contribution in [2.45, 2.75) is 6.10 Å². The van der Waals surface area contributed by atoms with Crippen LogP contribution in [0.5, 0.6) is 5.75 Å². The van der Waals surface area contributed by atoms with E-state index in [4.69, 9.17) is 27.9 Å². The molecule has 0 radical (unpaired) electrons. The van der Waals surface area contributed by atoms with Crippen molar-refractivity contribution in [1.29, 1.82) is 0 Å². The number of rotatable bonds is 6. The number of β-amino-alcohol motifs (C(OH)–C–C–N with tert-alkyl or cyclic N) is 1. The Balaban J connectivity index is 1.43. The van der Waals surface area contributed by atoms with Crippen molar-refractivity contribution in [2.75, 3.05) is 39.3 Å². The second-order valence-corrected chi connectivity index (χ2v) is 7.34. The molecule has 0 aliphatic carbocycles. The number of carbonyl (C=O) groups excluding carboxylic acids is 1. The predicted molar refractivity (Wildman–Crippen MR) is 107 cm³/mol. The molecule has 1 aliphatic rings. The highest BCUT2D eigenvalue weighted by Gasteiger charge is 2.23. The molecule has 144 valence electrons. The topological polar surface area (TPSA) is 53.0 Å². The van der Waals surface area contributed by atoms with Crippen LogP contribution >= 0.6 is 23.2 Å². The summed E-state index contributed by atoms with van der Waals surface area (Å²) >= 11 is 12.0.